The number of benzene rings is 2. The monoisotopic (exact) mass is 632 g/mol. The van der Waals surface area contributed by atoms with E-state index < -0.39 is 23.7 Å². The highest BCUT2D eigenvalue weighted by Gasteiger charge is 2.23. The van der Waals surface area contributed by atoms with Crippen LogP contribution >= 0.6 is 22.7 Å². The van der Waals surface area contributed by atoms with Crippen LogP contribution in [0.3, 0.4) is 0 Å². The van der Waals surface area contributed by atoms with Gasteiger partial charge in [-0.1, -0.05) is 6.92 Å². The van der Waals surface area contributed by atoms with Crippen molar-refractivity contribution in [2.45, 2.75) is 32.6 Å². The Labute approximate surface area is 253 Å². The molecule has 0 saturated heterocycles. The molecule has 2 aromatic heterocycles. The number of thiophene rings is 2. The van der Waals surface area contributed by atoms with Crippen molar-refractivity contribution in [3.8, 4) is 23.0 Å². The standard InChI is InChI=1S/C30H29FO10S2/c1-15(30(36)37)9-19(33)26-12-17-24(43-26)14-22(39-3)29(28(17)31)41-8-4-7-40-21-13-23-16(10-20(21)38-2)11-25(42-23)18(32)5-6-27(34)35/h10-15H,4-9H2,1-3H3,(H,34,35)(H,36,37)/t15-/m0/s1. The highest BCUT2D eigenvalue weighted by molar-refractivity contribution is 7.21. The fraction of sp³-hybridized carbons (Fsp3) is 0.333. The van der Waals surface area contributed by atoms with Crippen LogP contribution in [0.2, 0.25) is 0 Å². The molecule has 2 heterocycles. The first-order valence-corrected chi connectivity index (χ1v) is 14.8. The number of carboxylic acid groups (broad SMARTS) is 2. The minimum Gasteiger partial charge on any atom is -0.493 e. The summed E-state index contributed by atoms with van der Waals surface area (Å²) in [6, 6.07) is 8.17. The maximum absolute atomic E-state index is 15.4. The number of aliphatic carboxylic acids is 2. The van der Waals surface area contributed by atoms with Crippen molar-refractivity contribution in [2.24, 2.45) is 5.92 Å². The van der Waals surface area contributed by atoms with E-state index in [0.717, 1.165) is 21.4 Å². The van der Waals surface area contributed by atoms with Crippen LogP contribution in [-0.2, 0) is 9.59 Å². The second kappa shape index (κ2) is 13.8. The summed E-state index contributed by atoms with van der Waals surface area (Å²) in [5.41, 5.74) is 0. The van der Waals surface area contributed by atoms with Gasteiger partial charge in [0.05, 0.1) is 49.5 Å². The summed E-state index contributed by atoms with van der Waals surface area (Å²) in [6.07, 6.45) is -0.150. The van der Waals surface area contributed by atoms with E-state index in [9.17, 15) is 19.2 Å². The average Bonchev–Trinajstić information content (AvgIpc) is 3.60. The van der Waals surface area contributed by atoms with Crippen molar-refractivity contribution in [3.05, 3.63) is 45.9 Å². The van der Waals surface area contributed by atoms with Gasteiger partial charge in [0, 0.05) is 46.2 Å². The molecule has 0 fully saturated rings. The largest absolute Gasteiger partial charge is 0.493 e. The fourth-order valence-electron chi connectivity index (χ4n) is 4.20. The third kappa shape index (κ3) is 7.41. The molecule has 4 aromatic rings. The van der Waals surface area contributed by atoms with Crippen molar-refractivity contribution in [3.63, 3.8) is 0 Å². The first-order chi connectivity index (χ1) is 20.5. The summed E-state index contributed by atoms with van der Waals surface area (Å²) in [6.45, 7) is 1.72. The number of methoxy groups -OCH3 is 2. The molecular weight excluding hydrogens is 603 g/mol. The molecule has 1 atom stereocenters. The molecule has 13 heteroatoms. The van der Waals surface area contributed by atoms with E-state index >= 15 is 4.39 Å². The van der Waals surface area contributed by atoms with E-state index in [4.69, 9.17) is 29.2 Å². The SMILES string of the molecule is COc1cc2cc(C(=O)CCC(=O)O)sc2cc1OCCCOc1c(OC)cc2sc(C(=O)C[C@H](C)C(=O)O)cc2c1F. The molecule has 10 nitrogen and oxygen atoms in total. The summed E-state index contributed by atoms with van der Waals surface area (Å²) >= 11 is 2.30. The molecule has 43 heavy (non-hydrogen) atoms. The number of carbonyl (C=O) groups excluding carboxylic acids is 2. The van der Waals surface area contributed by atoms with Gasteiger partial charge in [0.25, 0.3) is 0 Å². The van der Waals surface area contributed by atoms with Gasteiger partial charge in [-0.15, -0.1) is 22.7 Å². The van der Waals surface area contributed by atoms with Crippen LogP contribution in [0, 0.1) is 11.7 Å². The molecule has 0 aliphatic carbocycles. The number of carbonyl (C=O) groups is 4. The maximum atomic E-state index is 15.4. The molecule has 0 saturated carbocycles. The Balaban J connectivity index is 1.41. The van der Waals surface area contributed by atoms with Crippen LogP contribution in [-0.4, -0.2) is 61.2 Å². The van der Waals surface area contributed by atoms with Gasteiger partial charge in [0.2, 0.25) is 0 Å². The molecule has 0 unspecified atom stereocenters. The van der Waals surface area contributed by atoms with Crippen LogP contribution in [0.1, 0.15) is 52.0 Å². The predicted molar refractivity (Wildman–Crippen MR) is 159 cm³/mol. The van der Waals surface area contributed by atoms with Crippen LogP contribution in [0.5, 0.6) is 23.0 Å². The maximum Gasteiger partial charge on any atom is 0.306 e. The molecule has 228 valence electrons. The quantitative estimate of drug-likeness (QED) is 0.104. The molecule has 2 N–H and O–H groups in total. The average molecular weight is 633 g/mol. The molecule has 0 spiro atoms. The van der Waals surface area contributed by atoms with Crippen LogP contribution in [0.25, 0.3) is 20.2 Å². The number of rotatable bonds is 16. The Morgan fingerprint density at radius 2 is 1.47 bits per heavy atom. The summed E-state index contributed by atoms with van der Waals surface area (Å²) < 4.78 is 39.1. The highest BCUT2D eigenvalue weighted by atomic mass is 32.1. The Bertz CT molecular complexity index is 1690. The predicted octanol–water partition coefficient (Wildman–Crippen LogP) is 6.46. The van der Waals surface area contributed by atoms with Gasteiger partial charge in [0.1, 0.15) is 0 Å². The van der Waals surface area contributed by atoms with E-state index in [1.54, 1.807) is 24.3 Å². The van der Waals surface area contributed by atoms with Crippen LogP contribution in [0.4, 0.5) is 4.39 Å². The van der Waals surface area contributed by atoms with Gasteiger partial charge < -0.3 is 29.2 Å². The number of hydrogen-bond acceptors (Lipinski definition) is 10. The normalized spacial score (nSPS) is 11.8. The molecule has 2 aromatic carbocycles. The summed E-state index contributed by atoms with van der Waals surface area (Å²) in [7, 11) is 2.87. The van der Waals surface area contributed by atoms with Crippen molar-refractivity contribution in [1.82, 2.24) is 0 Å². The number of fused-ring (bicyclic) bond motifs is 2. The van der Waals surface area contributed by atoms with Crippen molar-refractivity contribution >= 4 is 66.4 Å². The minimum atomic E-state index is -1.08. The van der Waals surface area contributed by atoms with Crippen LogP contribution < -0.4 is 18.9 Å². The lowest BCUT2D eigenvalue weighted by molar-refractivity contribution is -0.141. The highest BCUT2D eigenvalue weighted by Crippen LogP contribution is 2.41. The molecule has 0 radical (unpaired) electrons. The molecule has 0 aliphatic rings. The molecule has 0 amide bonds. The van der Waals surface area contributed by atoms with Crippen molar-refractivity contribution in [1.29, 1.82) is 0 Å². The van der Waals surface area contributed by atoms with Crippen molar-refractivity contribution < 1.29 is 52.7 Å². The second-order valence-electron chi connectivity index (χ2n) is 9.63. The van der Waals surface area contributed by atoms with E-state index in [0.29, 0.717) is 27.5 Å². The van der Waals surface area contributed by atoms with Gasteiger partial charge in [-0.3, -0.25) is 19.2 Å². The Kier molecular flexibility index (Phi) is 10.2. The number of hydrogen-bond donors (Lipinski definition) is 2. The summed E-state index contributed by atoms with van der Waals surface area (Å²) in [4.78, 5) is 47.5. The zero-order chi connectivity index (χ0) is 31.3. The number of Topliss-reactive ketones (excluding diaryl/α,β-unsaturated/α-hetero) is 2. The lowest BCUT2D eigenvalue weighted by atomic mass is 10.0. The third-order valence-electron chi connectivity index (χ3n) is 6.53. The summed E-state index contributed by atoms with van der Waals surface area (Å²) in [5.74, 6) is -3.34. The first-order valence-electron chi connectivity index (χ1n) is 13.2. The third-order valence-corrected chi connectivity index (χ3v) is 8.79. The van der Waals surface area contributed by atoms with Gasteiger partial charge in [-0.05, 0) is 23.6 Å². The van der Waals surface area contributed by atoms with E-state index in [1.165, 1.54) is 38.5 Å². The second-order valence-corrected chi connectivity index (χ2v) is 11.8. The van der Waals surface area contributed by atoms with E-state index in [-0.39, 0.29) is 65.8 Å². The number of halogens is 1. The topological polar surface area (TPSA) is 146 Å². The molecule has 4 rings (SSSR count). The first kappa shape index (κ1) is 31.7. The van der Waals surface area contributed by atoms with Crippen molar-refractivity contribution in [2.75, 3.05) is 27.4 Å². The smallest absolute Gasteiger partial charge is 0.306 e. The fourth-order valence-corrected chi connectivity index (χ4v) is 6.28. The number of carboxylic acids is 2. The van der Waals surface area contributed by atoms with Gasteiger partial charge >= 0.3 is 11.9 Å². The Morgan fingerprint density at radius 3 is 2.14 bits per heavy atom. The van der Waals surface area contributed by atoms with Gasteiger partial charge in [-0.25, -0.2) is 4.39 Å². The molecule has 0 bridgehead atoms. The summed E-state index contributed by atoms with van der Waals surface area (Å²) in [5, 5.41) is 18.9. The zero-order valence-electron chi connectivity index (χ0n) is 23.6. The Morgan fingerprint density at radius 1 is 0.814 bits per heavy atom. The number of ketones is 2. The van der Waals surface area contributed by atoms with Gasteiger partial charge in [-0.2, -0.15) is 0 Å². The van der Waals surface area contributed by atoms with E-state index in [1.807, 2.05) is 0 Å². The lowest BCUT2D eigenvalue weighted by Crippen LogP contribution is -2.13. The number of ether oxygens (including phenoxy) is 4. The molecule has 0 aliphatic heterocycles. The zero-order valence-corrected chi connectivity index (χ0v) is 25.2. The minimum absolute atomic E-state index is 0.0800. The van der Waals surface area contributed by atoms with Crippen LogP contribution in [0.15, 0.2) is 30.3 Å². The van der Waals surface area contributed by atoms with E-state index in [2.05, 4.69) is 0 Å². The molecular formula is C30H29FO10S2. The Hall–Kier alpha value is -4.23. The lowest BCUT2D eigenvalue weighted by Gasteiger charge is -2.13. The van der Waals surface area contributed by atoms with Gasteiger partial charge in [0.15, 0.2) is 40.4 Å².